The Bertz CT molecular complexity index is 1370. The highest BCUT2D eigenvalue weighted by Crippen LogP contribution is 2.34. The Balaban J connectivity index is 1.76. The first kappa shape index (κ1) is 20.5. The van der Waals surface area contributed by atoms with Crippen molar-refractivity contribution < 1.29 is 22.7 Å². The maximum absolute atomic E-state index is 12.7. The van der Waals surface area contributed by atoms with Gasteiger partial charge in [0, 0.05) is 22.4 Å². The van der Waals surface area contributed by atoms with Gasteiger partial charge in [-0.05, 0) is 43.2 Å². The molecule has 10 heteroatoms. The highest BCUT2D eigenvalue weighted by molar-refractivity contribution is 7.89. The van der Waals surface area contributed by atoms with Gasteiger partial charge in [0.15, 0.2) is 0 Å². The fourth-order valence-corrected chi connectivity index (χ4v) is 5.22. The van der Waals surface area contributed by atoms with Crippen LogP contribution >= 0.6 is 11.3 Å². The molecule has 0 unspecified atom stereocenters. The van der Waals surface area contributed by atoms with Crippen molar-refractivity contribution in [1.82, 2.24) is 14.9 Å². The van der Waals surface area contributed by atoms with Gasteiger partial charge in [0.2, 0.25) is 10.0 Å². The van der Waals surface area contributed by atoms with Crippen LogP contribution in [0.25, 0.3) is 32.5 Å². The van der Waals surface area contributed by atoms with Crippen molar-refractivity contribution in [3.63, 3.8) is 0 Å². The maximum atomic E-state index is 12.7. The zero-order chi connectivity index (χ0) is 21.6. The van der Waals surface area contributed by atoms with Crippen molar-refractivity contribution in [2.24, 2.45) is 5.92 Å². The van der Waals surface area contributed by atoms with Gasteiger partial charge in [0.05, 0.1) is 4.90 Å². The average molecular weight is 446 g/mol. The van der Waals surface area contributed by atoms with Crippen molar-refractivity contribution in [1.29, 1.82) is 0 Å². The predicted octanol–water partition coefficient (Wildman–Crippen LogP) is 3.80. The second-order valence-corrected chi connectivity index (χ2v) is 10.2. The van der Waals surface area contributed by atoms with Crippen LogP contribution in [0.5, 0.6) is 0 Å². The number of aromatic nitrogens is 2. The second-order valence-electron chi connectivity index (χ2n) is 7.28. The molecule has 4 aromatic rings. The van der Waals surface area contributed by atoms with E-state index in [2.05, 4.69) is 14.9 Å². The molecule has 0 saturated heterocycles. The SMILES string of the molecule is Cc1nnc(-c2ccc3oc4cc(S(=O)(=O)N[C@H](C(=O)O)C(C)C)ccc4c3c2)s1. The van der Waals surface area contributed by atoms with Gasteiger partial charge in [-0.15, -0.1) is 10.2 Å². The average Bonchev–Trinajstić information content (AvgIpc) is 3.28. The standard InChI is InChI=1S/C20H19N3O5S2/c1-10(2)18(20(24)25)23-30(26,27)13-5-6-14-15-8-12(19-22-21-11(3)29-19)4-7-16(15)28-17(14)9-13/h4-10,18,23H,1-3H3,(H,24,25)/t18-/m0/s1. The topological polar surface area (TPSA) is 122 Å². The van der Waals surface area contributed by atoms with E-state index in [0.717, 1.165) is 26.4 Å². The molecule has 0 aliphatic heterocycles. The maximum Gasteiger partial charge on any atom is 0.322 e. The van der Waals surface area contributed by atoms with Crippen LogP contribution in [-0.2, 0) is 14.8 Å². The number of rotatable bonds is 6. The Kier molecular flexibility index (Phi) is 5.08. The molecule has 0 amide bonds. The molecule has 0 aliphatic rings. The lowest BCUT2D eigenvalue weighted by atomic mass is 10.1. The normalized spacial score (nSPS) is 13.3. The first-order chi connectivity index (χ1) is 14.2. The van der Waals surface area contributed by atoms with E-state index < -0.39 is 28.0 Å². The molecule has 0 saturated carbocycles. The largest absolute Gasteiger partial charge is 0.480 e. The number of hydrogen-bond acceptors (Lipinski definition) is 7. The minimum atomic E-state index is -4.03. The van der Waals surface area contributed by atoms with Crippen LogP contribution in [0.1, 0.15) is 18.9 Å². The van der Waals surface area contributed by atoms with Crippen LogP contribution in [0.3, 0.4) is 0 Å². The molecule has 4 rings (SSSR count). The number of sulfonamides is 1. The molecule has 2 heterocycles. The summed E-state index contributed by atoms with van der Waals surface area (Å²) >= 11 is 1.49. The summed E-state index contributed by atoms with van der Waals surface area (Å²) in [6.45, 7) is 5.17. The van der Waals surface area contributed by atoms with Gasteiger partial charge < -0.3 is 9.52 Å². The van der Waals surface area contributed by atoms with Crippen LogP contribution in [0.2, 0.25) is 0 Å². The van der Waals surface area contributed by atoms with Crippen LogP contribution in [0.4, 0.5) is 0 Å². The quantitative estimate of drug-likeness (QED) is 0.463. The first-order valence-corrected chi connectivity index (χ1v) is 11.5. The van der Waals surface area contributed by atoms with Crippen molar-refractivity contribution in [3.8, 4) is 10.6 Å². The second kappa shape index (κ2) is 7.46. The number of carboxylic acids is 1. The monoisotopic (exact) mass is 445 g/mol. The van der Waals surface area contributed by atoms with E-state index in [9.17, 15) is 18.3 Å². The molecule has 2 aromatic heterocycles. The van der Waals surface area contributed by atoms with E-state index in [1.807, 2.05) is 25.1 Å². The van der Waals surface area contributed by atoms with Crippen LogP contribution in [0, 0.1) is 12.8 Å². The number of hydrogen-bond donors (Lipinski definition) is 2. The summed E-state index contributed by atoms with van der Waals surface area (Å²) < 4.78 is 33.5. The smallest absolute Gasteiger partial charge is 0.322 e. The molecular formula is C20H19N3O5S2. The molecule has 30 heavy (non-hydrogen) atoms. The highest BCUT2D eigenvalue weighted by Gasteiger charge is 2.28. The summed E-state index contributed by atoms with van der Waals surface area (Å²) in [5, 5.41) is 20.7. The lowest BCUT2D eigenvalue weighted by molar-refractivity contribution is -0.140. The third kappa shape index (κ3) is 3.69. The highest BCUT2D eigenvalue weighted by atomic mass is 32.2. The molecular weight excluding hydrogens is 426 g/mol. The van der Waals surface area contributed by atoms with Crippen molar-refractivity contribution in [3.05, 3.63) is 41.4 Å². The Morgan fingerprint density at radius 1 is 1.10 bits per heavy atom. The molecule has 156 valence electrons. The van der Waals surface area contributed by atoms with Crippen molar-refractivity contribution in [2.45, 2.75) is 31.7 Å². The van der Waals surface area contributed by atoms with Crippen LogP contribution in [0.15, 0.2) is 45.7 Å². The van der Waals surface area contributed by atoms with Crippen LogP contribution in [-0.4, -0.2) is 35.7 Å². The number of fused-ring (bicyclic) bond motifs is 3. The summed E-state index contributed by atoms with van der Waals surface area (Å²) in [5.74, 6) is -1.63. The molecule has 0 bridgehead atoms. The molecule has 0 radical (unpaired) electrons. The number of carboxylic acid groups (broad SMARTS) is 1. The number of aryl methyl sites for hydroxylation is 1. The number of nitrogens with one attached hydrogen (secondary N) is 1. The molecule has 1 atom stereocenters. The minimum absolute atomic E-state index is 0.0547. The summed E-state index contributed by atoms with van der Waals surface area (Å²) in [5.41, 5.74) is 1.91. The van der Waals surface area contributed by atoms with Gasteiger partial charge in [-0.2, -0.15) is 4.72 Å². The zero-order valence-corrected chi connectivity index (χ0v) is 18.0. The van der Waals surface area contributed by atoms with Gasteiger partial charge in [0.1, 0.15) is 27.2 Å². The van der Waals surface area contributed by atoms with Gasteiger partial charge in [-0.1, -0.05) is 25.2 Å². The molecule has 2 N–H and O–H groups in total. The van der Waals surface area contributed by atoms with Gasteiger partial charge in [0.25, 0.3) is 0 Å². The Morgan fingerprint density at radius 3 is 2.50 bits per heavy atom. The van der Waals surface area contributed by atoms with Crippen molar-refractivity contribution >= 4 is 49.3 Å². The summed E-state index contributed by atoms with van der Waals surface area (Å²) in [4.78, 5) is 11.3. The fourth-order valence-electron chi connectivity index (χ4n) is 3.18. The number of carbonyl (C=O) groups is 1. The van der Waals surface area contributed by atoms with E-state index in [4.69, 9.17) is 4.42 Å². The fraction of sp³-hybridized carbons (Fsp3) is 0.250. The lowest BCUT2D eigenvalue weighted by Gasteiger charge is -2.17. The van der Waals surface area contributed by atoms with E-state index in [1.165, 1.54) is 23.5 Å². The van der Waals surface area contributed by atoms with Crippen molar-refractivity contribution in [2.75, 3.05) is 0 Å². The van der Waals surface area contributed by atoms with E-state index in [0.29, 0.717) is 11.2 Å². The molecule has 8 nitrogen and oxygen atoms in total. The number of nitrogens with zero attached hydrogens (tertiary/aromatic N) is 2. The Morgan fingerprint density at radius 2 is 1.87 bits per heavy atom. The molecule has 0 fully saturated rings. The summed E-state index contributed by atoms with van der Waals surface area (Å²) in [6, 6.07) is 8.92. The van der Waals surface area contributed by atoms with E-state index in [-0.39, 0.29) is 4.90 Å². The Labute approximate surface area is 176 Å². The van der Waals surface area contributed by atoms with Crippen LogP contribution < -0.4 is 4.72 Å². The summed E-state index contributed by atoms with van der Waals surface area (Å²) in [6.07, 6.45) is 0. The minimum Gasteiger partial charge on any atom is -0.480 e. The van der Waals surface area contributed by atoms with E-state index >= 15 is 0 Å². The molecule has 2 aromatic carbocycles. The predicted molar refractivity (Wildman–Crippen MR) is 114 cm³/mol. The molecule has 0 spiro atoms. The number of aliphatic carboxylic acids is 1. The number of benzene rings is 2. The number of furan rings is 1. The zero-order valence-electron chi connectivity index (χ0n) is 16.4. The van der Waals surface area contributed by atoms with Gasteiger partial charge >= 0.3 is 5.97 Å². The third-order valence-corrected chi connectivity index (χ3v) is 7.07. The summed E-state index contributed by atoms with van der Waals surface area (Å²) in [7, 11) is -4.03. The Hall–Kier alpha value is -2.82. The third-order valence-electron chi connectivity index (χ3n) is 4.74. The van der Waals surface area contributed by atoms with Gasteiger partial charge in [-0.25, -0.2) is 8.42 Å². The molecule has 0 aliphatic carbocycles. The van der Waals surface area contributed by atoms with E-state index in [1.54, 1.807) is 19.9 Å². The first-order valence-electron chi connectivity index (χ1n) is 9.17. The lowest BCUT2D eigenvalue weighted by Crippen LogP contribution is -2.44. The van der Waals surface area contributed by atoms with Gasteiger partial charge in [-0.3, -0.25) is 4.79 Å².